The number of anilines is 1. The number of rotatable bonds is 5. The van der Waals surface area contributed by atoms with Crippen LogP contribution in [0.15, 0.2) is 36.7 Å². The van der Waals surface area contributed by atoms with Crippen LogP contribution in [0.2, 0.25) is 0 Å². The van der Waals surface area contributed by atoms with E-state index in [0.717, 1.165) is 48.5 Å². The van der Waals surface area contributed by atoms with E-state index in [1.165, 1.54) is 6.42 Å². The number of aromatic nitrogens is 4. The van der Waals surface area contributed by atoms with Crippen molar-refractivity contribution in [3.8, 4) is 11.7 Å². The smallest absolute Gasteiger partial charge is 0.410 e. The summed E-state index contributed by atoms with van der Waals surface area (Å²) in [6.07, 6.45) is 5.77. The Morgan fingerprint density at radius 1 is 1.05 bits per heavy atom. The number of likely N-dealkylation sites (tertiary alicyclic amines) is 1. The van der Waals surface area contributed by atoms with E-state index in [9.17, 15) is 4.79 Å². The number of likely N-dealkylation sites (N-methyl/N-ethyl adjacent to an activating group) is 1. The minimum atomic E-state index is -0.517. The van der Waals surface area contributed by atoms with Gasteiger partial charge in [-0.25, -0.2) is 9.78 Å². The number of nitrogens with zero attached hydrogens (tertiary/aromatic N) is 7. The molecule has 0 unspecified atom stereocenters. The van der Waals surface area contributed by atoms with E-state index in [4.69, 9.17) is 24.4 Å². The Hall–Kier alpha value is -3.40. The van der Waals surface area contributed by atoms with Gasteiger partial charge < -0.3 is 19.3 Å². The lowest BCUT2D eigenvalue weighted by Gasteiger charge is -2.41. The highest BCUT2D eigenvalue weighted by atomic mass is 16.6. The van der Waals surface area contributed by atoms with Crippen molar-refractivity contribution in [3.05, 3.63) is 36.7 Å². The molecule has 10 nitrogen and oxygen atoms in total. The zero-order valence-corrected chi connectivity index (χ0v) is 22.7. The summed E-state index contributed by atoms with van der Waals surface area (Å²) in [6.45, 7) is 8.72. The van der Waals surface area contributed by atoms with Crippen LogP contribution in [0, 0.1) is 0 Å². The van der Waals surface area contributed by atoms with Gasteiger partial charge in [0.1, 0.15) is 18.5 Å². The quantitative estimate of drug-likeness (QED) is 0.502. The molecule has 6 rings (SSSR count). The highest BCUT2D eigenvalue weighted by molar-refractivity contribution is 5.85. The molecule has 0 aliphatic carbocycles. The number of benzene rings is 1. The molecule has 2 bridgehead atoms. The van der Waals surface area contributed by atoms with Crippen LogP contribution < -0.4 is 9.64 Å². The van der Waals surface area contributed by atoms with Crippen molar-refractivity contribution in [3.63, 3.8) is 0 Å². The van der Waals surface area contributed by atoms with E-state index in [0.29, 0.717) is 31.7 Å². The molecule has 0 radical (unpaired) electrons. The largest absolute Gasteiger partial charge is 0.462 e. The molecule has 38 heavy (non-hydrogen) atoms. The lowest BCUT2D eigenvalue weighted by Crippen LogP contribution is -2.57. The monoisotopic (exact) mass is 519 g/mol. The Labute approximate surface area is 223 Å². The summed E-state index contributed by atoms with van der Waals surface area (Å²) in [6, 6.07) is 11.0. The van der Waals surface area contributed by atoms with Gasteiger partial charge in [-0.1, -0.05) is 18.2 Å². The molecule has 1 amide bonds. The first-order chi connectivity index (χ1) is 18.3. The van der Waals surface area contributed by atoms with Gasteiger partial charge in [-0.15, -0.1) is 0 Å². The molecule has 1 aromatic carbocycles. The minimum absolute atomic E-state index is 0.0707. The van der Waals surface area contributed by atoms with E-state index in [1.54, 1.807) is 6.33 Å². The van der Waals surface area contributed by atoms with Crippen LogP contribution >= 0.6 is 0 Å². The molecule has 0 saturated carbocycles. The van der Waals surface area contributed by atoms with E-state index >= 15 is 0 Å². The molecular weight excluding hydrogens is 482 g/mol. The summed E-state index contributed by atoms with van der Waals surface area (Å²) < 4.78 is 13.9. The Morgan fingerprint density at radius 2 is 1.79 bits per heavy atom. The summed E-state index contributed by atoms with van der Waals surface area (Å²) in [5.41, 5.74) is 1.93. The lowest BCUT2D eigenvalue weighted by molar-refractivity contribution is 0.0122. The van der Waals surface area contributed by atoms with Gasteiger partial charge in [-0.2, -0.15) is 9.97 Å². The van der Waals surface area contributed by atoms with Gasteiger partial charge in [0.15, 0.2) is 17.0 Å². The van der Waals surface area contributed by atoms with E-state index in [1.807, 2.05) is 60.6 Å². The Balaban J connectivity index is 1.32. The summed E-state index contributed by atoms with van der Waals surface area (Å²) >= 11 is 0. The predicted molar refractivity (Wildman–Crippen MR) is 145 cm³/mol. The fourth-order valence-electron chi connectivity index (χ4n) is 5.98. The second-order valence-electron chi connectivity index (χ2n) is 11.7. The molecule has 3 aliphatic rings. The van der Waals surface area contributed by atoms with Gasteiger partial charge in [-0.05, 0) is 72.2 Å². The maximum Gasteiger partial charge on any atom is 0.410 e. The van der Waals surface area contributed by atoms with E-state index in [-0.39, 0.29) is 18.2 Å². The first-order valence-corrected chi connectivity index (χ1v) is 13.7. The lowest BCUT2D eigenvalue weighted by atomic mass is 10.2. The van der Waals surface area contributed by atoms with Crippen LogP contribution in [0.3, 0.4) is 0 Å². The average Bonchev–Trinajstić information content (AvgIpc) is 3.57. The molecule has 0 N–H and O–H groups in total. The highest BCUT2D eigenvalue weighted by Crippen LogP contribution is 2.36. The normalized spacial score (nSPS) is 23.8. The zero-order chi connectivity index (χ0) is 26.4. The third kappa shape index (κ3) is 4.77. The summed E-state index contributed by atoms with van der Waals surface area (Å²) in [7, 11) is 2.14. The van der Waals surface area contributed by atoms with Crippen molar-refractivity contribution < 1.29 is 14.3 Å². The van der Waals surface area contributed by atoms with Gasteiger partial charge in [0.05, 0.1) is 12.1 Å². The highest BCUT2D eigenvalue weighted by Gasteiger charge is 2.45. The van der Waals surface area contributed by atoms with Gasteiger partial charge >= 0.3 is 12.1 Å². The number of amides is 1. The van der Waals surface area contributed by atoms with Crippen LogP contribution in [-0.4, -0.2) is 92.4 Å². The van der Waals surface area contributed by atoms with Crippen LogP contribution in [-0.2, 0) is 4.74 Å². The van der Waals surface area contributed by atoms with Crippen LogP contribution in [0.1, 0.15) is 46.5 Å². The SMILES string of the molecule is CN1CCC[C@H]1COc1nc(N2C[C@H]3CC[C@@H](C2)N3C(=O)OC(C)(C)C)c2ncn(-c3ccccc3)c2n1. The molecule has 10 heteroatoms. The molecule has 3 atom stereocenters. The van der Waals surface area contributed by atoms with Crippen molar-refractivity contribution in [2.75, 3.05) is 38.2 Å². The van der Waals surface area contributed by atoms with Crippen molar-refractivity contribution in [1.82, 2.24) is 29.3 Å². The number of para-hydroxylation sites is 1. The van der Waals surface area contributed by atoms with Crippen LogP contribution in [0.25, 0.3) is 16.9 Å². The summed E-state index contributed by atoms with van der Waals surface area (Å²) in [5.74, 6) is 0.764. The number of imidazole rings is 1. The molecule has 5 heterocycles. The molecule has 0 spiro atoms. The molecule has 3 aromatic rings. The van der Waals surface area contributed by atoms with Gasteiger partial charge in [0.2, 0.25) is 0 Å². The first-order valence-electron chi connectivity index (χ1n) is 13.7. The topological polar surface area (TPSA) is 88.9 Å². The number of ether oxygens (including phenoxy) is 2. The number of piperazine rings is 1. The number of hydrogen-bond donors (Lipinski definition) is 0. The number of carbonyl (C=O) groups is 1. The molecular formula is C28H37N7O3. The van der Waals surface area contributed by atoms with Crippen LogP contribution in [0.5, 0.6) is 6.01 Å². The van der Waals surface area contributed by atoms with E-state index in [2.05, 4.69) is 16.8 Å². The molecule has 202 valence electrons. The fourth-order valence-corrected chi connectivity index (χ4v) is 5.98. The Kier molecular flexibility index (Phi) is 6.37. The summed E-state index contributed by atoms with van der Waals surface area (Å²) in [4.78, 5) is 34.0. The second-order valence-corrected chi connectivity index (χ2v) is 11.7. The van der Waals surface area contributed by atoms with Gasteiger partial charge in [0, 0.05) is 24.8 Å². The average molecular weight is 520 g/mol. The van der Waals surface area contributed by atoms with Crippen molar-refractivity contribution in [1.29, 1.82) is 0 Å². The maximum absolute atomic E-state index is 13.0. The molecule has 3 aliphatic heterocycles. The third-order valence-electron chi connectivity index (χ3n) is 7.85. The number of carbonyl (C=O) groups excluding carboxylic acids is 1. The Morgan fingerprint density at radius 3 is 2.45 bits per heavy atom. The second kappa shape index (κ2) is 9.72. The van der Waals surface area contributed by atoms with Crippen molar-refractivity contribution in [2.24, 2.45) is 0 Å². The van der Waals surface area contributed by atoms with Gasteiger partial charge in [-0.3, -0.25) is 9.47 Å². The van der Waals surface area contributed by atoms with Crippen LogP contribution in [0.4, 0.5) is 10.6 Å². The zero-order valence-electron chi connectivity index (χ0n) is 22.7. The maximum atomic E-state index is 13.0. The van der Waals surface area contributed by atoms with Gasteiger partial charge in [0.25, 0.3) is 0 Å². The molecule has 2 aromatic heterocycles. The Bertz CT molecular complexity index is 1290. The number of fused-ring (bicyclic) bond motifs is 3. The van der Waals surface area contributed by atoms with E-state index < -0.39 is 5.60 Å². The predicted octanol–water partition coefficient (Wildman–Crippen LogP) is 3.88. The standard InChI is InChI=1S/C28H37N7O3/c1-28(2,3)38-27(36)35-20-12-13-21(35)16-33(15-20)24-23-25(34(18-29-23)19-9-6-5-7-10-19)31-26(30-24)37-17-22-11-8-14-32(22)4/h5-7,9-10,18,20-22H,8,11-17H2,1-4H3/t20-,21+,22-/m0/s1. The first kappa shape index (κ1) is 24.9. The van der Waals surface area contributed by atoms with Crippen molar-refractivity contribution >= 4 is 23.1 Å². The minimum Gasteiger partial charge on any atom is -0.462 e. The summed E-state index contributed by atoms with van der Waals surface area (Å²) in [5, 5.41) is 0. The molecule has 3 saturated heterocycles. The molecule has 3 fully saturated rings. The van der Waals surface area contributed by atoms with Crippen molar-refractivity contribution in [2.45, 2.75) is 70.2 Å². The third-order valence-corrected chi connectivity index (χ3v) is 7.85. The fraction of sp³-hybridized carbons (Fsp3) is 0.571. The number of hydrogen-bond acceptors (Lipinski definition) is 8.